The Labute approximate surface area is 130 Å². The van der Waals surface area contributed by atoms with Crippen molar-refractivity contribution in [2.45, 2.75) is 13.0 Å². The van der Waals surface area contributed by atoms with E-state index in [-0.39, 0.29) is 28.1 Å². The molecule has 5 nitrogen and oxygen atoms in total. The molecule has 2 rings (SSSR count). The van der Waals surface area contributed by atoms with Gasteiger partial charge in [-0.05, 0) is 36.8 Å². The molecule has 0 fully saturated rings. The van der Waals surface area contributed by atoms with Crippen LogP contribution in [-0.4, -0.2) is 10.8 Å². The van der Waals surface area contributed by atoms with Crippen molar-refractivity contribution in [3.05, 3.63) is 74.5 Å². The Hall–Kier alpha value is -2.47. The molecule has 0 heterocycles. The van der Waals surface area contributed by atoms with Crippen LogP contribution in [0.5, 0.6) is 0 Å². The molecule has 0 aliphatic heterocycles. The molecule has 1 atom stereocenters. The molecule has 0 aliphatic rings. The molecule has 114 valence electrons. The fourth-order valence-corrected chi connectivity index (χ4v) is 2.10. The van der Waals surface area contributed by atoms with Crippen LogP contribution >= 0.6 is 11.6 Å². The Kier molecular flexibility index (Phi) is 4.72. The Bertz CT molecular complexity index is 719. The number of rotatable bonds is 4. The van der Waals surface area contributed by atoms with Crippen LogP contribution in [0.2, 0.25) is 5.02 Å². The van der Waals surface area contributed by atoms with Crippen LogP contribution in [0.4, 0.5) is 10.1 Å². The van der Waals surface area contributed by atoms with Gasteiger partial charge in [0.05, 0.1) is 11.0 Å². The Balaban J connectivity index is 2.16. The zero-order valence-electron chi connectivity index (χ0n) is 11.5. The van der Waals surface area contributed by atoms with Gasteiger partial charge in [-0.15, -0.1) is 0 Å². The minimum atomic E-state index is -0.650. The molecular formula is C15H12ClFN2O3. The number of amides is 1. The number of carbonyl (C=O) groups is 1. The molecule has 2 aromatic carbocycles. The van der Waals surface area contributed by atoms with Crippen LogP contribution in [0.25, 0.3) is 0 Å². The molecule has 0 saturated carbocycles. The molecule has 1 N–H and O–H groups in total. The third-order valence-electron chi connectivity index (χ3n) is 3.12. The summed E-state index contributed by atoms with van der Waals surface area (Å²) in [5.74, 6) is -0.841. The van der Waals surface area contributed by atoms with Crippen molar-refractivity contribution in [2.75, 3.05) is 0 Å². The molecular weight excluding hydrogens is 311 g/mol. The minimum Gasteiger partial charge on any atom is -0.346 e. The molecule has 0 saturated heterocycles. The summed E-state index contributed by atoms with van der Waals surface area (Å²) in [6.07, 6.45) is 0. The van der Waals surface area contributed by atoms with Gasteiger partial charge in [-0.3, -0.25) is 14.9 Å². The third kappa shape index (κ3) is 3.59. The second-order valence-electron chi connectivity index (χ2n) is 4.67. The lowest BCUT2D eigenvalue weighted by Gasteiger charge is -2.14. The zero-order valence-corrected chi connectivity index (χ0v) is 12.3. The Morgan fingerprint density at radius 1 is 1.27 bits per heavy atom. The largest absolute Gasteiger partial charge is 0.346 e. The van der Waals surface area contributed by atoms with Gasteiger partial charge in [0.15, 0.2) is 0 Å². The average molecular weight is 323 g/mol. The van der Waals surface area contributed by atoms with E-state index in [1.54, 1.807) is 19.1 Å². The summed E-state index contributed by atoms with van der Waals surface area (Å²) in [4.78, 5) is 22.3. The van der Waals surface area contributed by atoms with Crippen LogP contribution in [-0.2, 0) is 0 Å². The van der Waals surface area contributed by atoms with Crippen LogP contribution in [0.1, 0.15) is 28.9 Å². The topological polar surface area (TPSA) is 72.2 Å². The van der Waals surface area contributed by atoms with Gasteiger partial charge in [0.25, 0.3) is 11.6 Å². The summed E-state index contributed by atoms with van der Waals surface area (Å²) in [5, 5.41) is 13.5. The smallest absolute Gasteiger partial charge is 0.288 e. The number of hydrogen-bond acceptors (Lipinski definition) is 3. The molecule has 7 heteroatoms. The van der Waals surface area contributed by atoms with Gasteiger partial charge in [-0.1, -0.05) is 23.7 Å². The molecule has 0 unspecified atom stereocenters. The second-order valence-corrected chi connectivity index (χ2v) is 5.08. The Morgan fingerprint density at radius 2 is 1.91 bits per heavy atom. The number of hydrogen-bond donors (Lipinski definition) is 1. The highest BCUT2D eigenvalue weighted by atomic mass is 35.5. The highest BCUT2D eigenvalue weighted by Gasteiger charge is 2.17. The molecule has 0 radical (unpaired) electrons. The number of benzene rings is 2. The first-order valence-electron chi connectivity index (χ1n) is 6.38. The highest BCUT2D eigenvalue weighted by molar-refractivity contribution is 6.32. The van der Waals surface area contributed by atoms with Crippen molar-refractivity contribution in [1.82, 2.24) is 5.32 Å². The summed E-state index contributed by atoms with van der Waals surface area (Å²) in [7, 11) is 0. The predicted octanol–water partition coefficient (Wildman–Crippen LogP) is 3.88. The van der Waals surface area contributed by atoms with E-state index in [0.717, 1.165) is 11.6 Å². The van der Waals surface area contributed by atoms with Gasteiger partial charge < -0.3 is 5.32 Å². The molecule has 2 aromatic rings. The van der Waals surface area contributed by atoms with E-state index in [2.05, 4.69) is 5.32 Å². The number of nitrogens with one attached hydrogen (secondary N) is 1. The molecule has 22 heavy (non-hydrogen) atoms. The summed E-state index contributed by atoms with van der Waals surface area (Å²) in [6.45, 7) is 1.73. The number of halogens is 2. The standard InChI is InChI=1S/C15H12ClFN2O3/c1-9(10-2-5-12(17)6-3-10)18-15(20)11-4-7-13(16)14(8-11)19(21)22/h2-9H,1H3,(H,18,20)/t9-/m0/s1. The van der Waals surface area contributed by atoms with E-state index >= 15 is 0 Å². The fraction of sp³-hybridized carbons (Fsp3) is 0.133. The van der Waals surface area contributed by atoms with Crippen molar-refractivity contribution in [3.63, 3.8) is 0 Å². The van der Waals surface area contributed by atoms with Crippen LogP contribution in [0, 0.1) is 15.9 Å². The van der Waals surface area contributed by atoms with E-state index in [9.17, 15) is 19.3 Å². The number of carbonyl (C=O) groups excluding carboxylic acids is 1. The first-order chi connectivity index (χ1) is 10.4. The lowest BCUT2D eigenvalue weighted by atomic mass is 10.1. The first kappa shape index (κ1) is 15.9. The first-order valence-corrected chi connectivity index (χ1v) is 6.76. The van der Waals surface area contributed by atoms with E-state index in [1.165, 1.54) is 24.3 Å². The van der Waals surface area contributed by atoms with Crippen molar-refractivity contribution in [1.29, 1.82) is 0 Å². The number of nitro benzene ring substituents is 1. The third-order valence-corrected chi connectivity index (χ3v) is 3.44. The molecule has 0 aliphatic carbocycles. The van der Waals surface area contributed by atoms with Crippen LogP contribution in [0.3, 0.4) is 0 Å². The second kappa shape index (κ2) is 6.53. The van der Waals surface area contributed by atoms with Crippen molar-refractivity contribution < 1.29 is 14.1 Å². The fourth-order valence-electron chi connectivity index (χ4n) is 1.91. The van der Waals surface area contributed by atoms with Crippen molar-refractivity contribution in [3.8, 4) is 0 Å². The quantitative estimate of drug-likeness (QED) is 0.686. The van der Waals surface area contributed by atoms with Crippen molar-refractivity contribution >= 4 is 23.2 Å². The number of nitrogens with zero attached hydrogens (tertiary/aromatic N) is 1. The van der Waals surface area contributed by atoms with E-state index < -0.39 is 10.8 Å². The maximum atomic E-state index is 12.9. The maximum Gasteiger partial charge on any atom is 0.288 e. The summed E-state index contributed by atoms with van der Waals surface area (Å²) in [6, 6.07) is 9.17. The van der Waals surface area contributed by atoms with E-state index in [1.807, 2.05) is 0 Å². The minimum absolute atomic E-state index is 0.0341. The van der Waals surface area contributed by atoms with Gasteiger partial charge in [-0.25, -0.2) is 4.39 Å². The summed E-state index contributed by atoms with van der Waals surface area (Å²) < 4.78 is 12.9. The highest BCUT2D eigenvalue weighted by Crippen LogP contribution is 2.25. The van der Waals surface area contributed by atoms with Gasteiger partial charge in [-0.2, -0.15) is 0 Å². The summed E-state index contributed by atoms with van der Waals surface area (Å²) >= 11 is 5.70. The monoisotopic (exact) mass is 322 g/mol. The summed E-state index contributed by atoms with van der Waals surface area (Å²) in [5.41, 5.74) is 0.520. The average Bonchev–Trinajstić information content (AvgIpc) is 2.47. The van der Waals surface area contributed by atoms with Gasteiger partial charge >= 0.3 is 0 Å². The molecule has 1 amide bonds. The molecule has 0 spiro atoms. The van der Waals surface area contributed by atoms with E-state index in [0.29, 0.717) is 0 Å². The van der Waals surface area contributed by atoms with Crippen LogP contribution < -0.4 is 5.32 Å². The normalized spacial score (nSPS) is 11.8. The SMILES string of the molecule is C[C@H](NC(=O)c1ccc(Cl)c([N+](=O)[O-])c1)c1ccc(F)cc1. The van der Waals surface area contributed by atoms with Gasteiger partial charge in [0.2, 0.25) is 0 Å². The number of nitro groups is 1. The zero-order chi connectivity index (χ0) is 16.3. The Morgan fingerprint density at radius 3 is 2.50 bits per heavy atom. The van der Waals surface area contributed by atoms with Gasteiger partial charge in [0.1, 0.15) is 10.8 Å². The maximum absolute atomic E-state index is 12.9. The predicted molar refractivity (Wildman–Crippen MR) is 80.4 cm³/mol. The lowest BCUT2D eigenvalue weighted by molar-refractivity contribution is -0.384. The molecule has 0 bridgehead atoms. The van der Waals surface area contributed by atoms with Crippen LogP contribution in [0.15, 0.2) is 42.5 Å². The molecule has 0 aromatic heterocycles. The van der Waals surface area contributed by atoms with E-state index in [4.69, 9.17) is 11.6 Å². The lowest BCUT2D eigenvalue weighted by Crippen LogP contribution is -2.26. The van der Waals surface area contributed by atoms with Crippen molar-refractivity contribution in [2.24, 2.45) is 0 Å². The van der Waals surface area contributed by atoms with Gasteiger partial charge in [0, 0.05) is 11.6 Å².